The molecule has 5 heteroatoms. The molecule has 0 heterocycles. The number of rotatable bonds is 4. The number of alkyl halides is 2. The maximum atomic E-state index is 13.4. The fraction of sp³-hybridized carbons (Fsp3) is 0.917. The lowest BCUT2D eigenvalue weighted by molar-refractivity contribution is -0.275. The van der Waals surface area contributed by atoms with E-state index in [1.54, 1.807) is 0 Å². The van der Waals surface area contributed by atoms with Gasteiger partial charge in [0.1, 0.15) is 5.60 Å². The Morgan fingerprint density at radius 3 is 1.76 bits per heavy atom. The van der Waals surface area contributed by atoms with Crippen LogP contribution >= 0.6 is 0 Å². The van der Waals surface area contributed by atoms with E-state index in [1.807, 2.05) is 27.7 Å². The number of aliphatic carboxylic acids is 1. The van der Waals surface area contributed by atoms with Crippen LogP contribution in [0.1, 0.15) is 40.5 Å². The molecule has 0 aliphatic heterocycles. The van der Waals surface area contributed by atoms with Crippen molar-refractivity contribution in [1.82, 2.24) is 0 Å². The molecule has 1 fully saturated rings. The van der Waals surface area contributed by atoms with Crippen LogP contribution in [0.2, 0.25) is 0 Å². The van der Waals surface area contributed by atoms with Crippen molar-refractivity contribution in [3.05, 3.63) is 0 Å². The Morgan fingerprint density at radius 1 is 1.18 bits per heavy atom. The van der Waals surface area contributed by atoms with E-state index in [4.69, 9.17) is 5.11 Å². The molecule has 3 nitrogen and oxygen atoms in total. The predicted octanol–water partition coefficient (Wildman–Crippen LogP) is 2.53. The first kappa shape index (κ1) is 14.4. The van der Waals surface area contributed by atoms with Crippen LogP contribution in [0.25, 0.3) is 0 Å². The van der Waals surface area contributed by atoms with Crippen LogP contribution in [0.3, 0.4) is 0 Å². The topological polar surface area (TPSA) is 57.5 Å². The van der Waals surface area contributed by atoms with Gasteiger partial charge in [-0.2, -0.15) is 8.78 Å². The average Bonchev–Trinajstić information content (AvgIpc) is 2.10. The van der Waals surface area contributed by atoms with Gasteiger partial charge in [0.15, 0.2) is 0 Å². The summed E-state index contributed by atoms with van der Waals surface area (Å²) >= 11 is 0. The van der Waals surface area contributed by atoms with Gasteiger partial charge in [0.05, 0.1) is 0 Å². The molecule has 0 spiro atoms. The Bertz CT molecular complexity index is 308. The van der Waals surface area contributed by atoms with Gasteiger partial charge in [0.25, 0.3) is 0 Å². The lowest BCUT2D eigenvalue weighted by Gasteiger charge is -2.59. The van der Waals surface area contributed by atoms with Gasteiger partial charge in [-0.15, -0.1) is 0 Å². The lowest BCUT2D eigenvalue weighted by Crippen LogP contribution is -2.67. The van der Waals surface area contributed by atoms with E-state index >= 15 is 0 Å². The van der Waals surface area contributed by atoms with Crippen molar-refractivity contribution < 1.29 is 23.8 Å². The van der Waals surface area contributed by atoms with Gasteiger partial charge < -0.3 is 10.2 Å². The third-order valence-corrected chi connectivity index (χ3v) is 4.40. The maximum Gasteiger partial charge on any atom is 0.377 e. The molecule has 0 bridgehead atoms. The standard InChI is InChI=1S/C12H20F2O3/c1-7(2)10(8(3)4)5-11(17,6-10)12(13,14)9(15)16/h7-8,17H,5-6H2,1-4H3,(H,15,16). The van der Waals surface area contributed by atoms with E-state index < -0.39 is 22.9 Å². The van der Waals surface area contributed by atoms with E-state index in [0.29, 0.717) is 0 Å². The average molecular weight is 250 g/mol. The third kappa shape index (κ3) is 1.84. The Morgan fingerprint density at radius 2 is 1.53 bits per heavy atom. The van der Waals surface area contributed by atoms with E-state index in [2.05, 4.69) is 0 Å². The molecule has 0 aromatic heterocycles. The minimum absolute atomic E-state index is 0.132. The van der Waals surface area contributed by atoms with Crippen molar-refractivity contribution in [2.45, 2.75) is 52.1 Å². The first-order valence-electron chi connectivity index (χ1n) is 5.83. The summed E-state index contributed by atoms with van der Waals surface area (Å²) < 4.78 is 26.8. The predicted molar refractivity (Wildman–Crippen MR) is 58.9 cm³/mol. The molecule has 0 unspecified atom stereocenters. The van der Waals surface area contributed by atoms with Crippen LogP contribution in [0.5, 0.6) is 0 Å². The lowest BCUT2D eigenvalue weighted by atomic mass is 9.48. The molecule has 1 aliphatic rings. The van der Waals surface area contributed by atoms with Crippen LogP contribution < -0.4 is 0 Å². The van der Waals surface area contributed by atoms with Crippen LogP contribution in [-0.2, 0) is 4.79 Å². The second-order valence-corrected chi connectivity index (χ2v) is 5.81. The Kier molecular flexibility index (Phi) is 3.29. The Labute approximate surface area is 99.8 Å². The fourth-order valence-corrected chi connectivity index (χ4v) is 2.94. The molecule has 2 N–H and O–H groups in total. The van der Waals surface area contributed by atoms with Crippen LogP contribution in [-0.4, -0.2) is 27.7 Å². The number of hydrogen-bond acceptors (Lipinski definition) is 2. The van der Waals surface area contributed by atoms with Crippen LogP contribution in [0, 0.1) is 17.3 Å². The summed E-state index contributed by atoms with van der Waals surface area (Å²) in [5.74, 6) is -6.05. The fourth-order valence-electron chi connectivity index (χ4n) is 2.94. The summed E-state index contributed by atoms with van der Waals surface area (Å²) in [6, 6.07) is 0. The van der Waals surface area contributed by atoms with Gasteiger partial charge in [-0.05, 0) is 30.1 Å². The van der Waals surface area contributed by atoms with Gasteiger partial charge in [-0.3, -0.25) is 0 Å². The molecule has 0 saturated heterocycles. The van der Waals surface area contributed by atoms with Crippen LogP contribution in [0.4, 0.5) is 8.78 Å². The molecule has 0 aromatic carbocycles. The number of carboxylic acid groups (broad SMARTS) is 1. The van der Waals surface area contributed by atoms with Crippen LogP contribution in [0.15, 0.2) is 0 Å². The normalized spacial score (nSPS) is 22.6. The summed E-state index contributed by atoms with van der Waals surface area (Å²) in [6.45, 7) is 7.66. The number of hydrogen-bond donors (Lipinski definition) is 2. The quantitative estimate of drug-likeness (QED) is 0.806. The maximum absolute atomic E-state index is 13.4. The highest BCUT2D eigenvalue weighted by atomic mass is 19.3. The summed E-state index contributed by atoms with van der Waals surface area (Å²) in [6.07, 6.45) is -0.316. The second-order valence-electron chi connectivity index (χ2n) is 5.81. The number of carboxylic acids is 1. The largest absolute Gasteiger partial charge is 0.477 e. The van der Waals surface area contributed by atoms with E-state index in [1.165, 1.54) is 0 Å². The SMILES string of the molecule is CC(C)C1(C(C)C)CC(O)(C(F)(F)C(=O)O)C1. The second kappa shape index (κ2) is 3.90. The van der Waals surface area contributed by atoms with Crippen molar-refractivity contribution >= 4 is 5.97 Å². The van der Waals surface area contributed by atoms with Gasteiger partial charge >= 0.3 is 11.9 Å². The van der Waals surface area contributed by atoms with Crippen molar-refractivity contribution in [3.63, 3.8) is 0 Å². The van der Waals surface area contributed by atoms with Gasteiger partial charge in [-0.1, -0.05) is 27.7 Å². The molecule has 1 rings (SSSR count). The molecule has 1 saturated carbocycles. The highest BCUT2D eigenvalue weighted by Crippen LogP contribution is 2.61. The first-order chi connectivity index (χ1) is 7.49. The van der Waals surface area contributed by atoms with Gasteiger partial charge in [-0.25, -0.2) is 4.79 Å². The monoisotopic (exact) mass is 250 g/mol. The first-order valence-corrected chi connectivity index (χ1v) is 5.83. The highest BCUT2D eigenvalue weighted by Gasteiger charge is 2.70. The molecule has 17 heavy (non-hydrogen) atoms. The minimum Gasteiger partial charge on any atom is -0.477 e. The van der Waals surface area contributed by atoms with Crippen molar-refractivity contribution in [2.75, 3.05) is 0 Å². The minimum atomic E-state index is -4.07. The summed E-state index contributed by atoms with van der Waals surface area (Å²) in [5.41, 5.74) is -2.79. The molecule has 100 valence electrons. The zero-order chi connectivity index (χ0) is 13.6. The molecule has 0 atom stereocenters. The van der Waals surface area contributed by atoms with Crippen molar-refractivity contribution in [1.29, 1.82) is 0 Å². The third-order valence-electron chi connectivity index (χ3n) is 4.40. The van der Waals surface area contributed by atoms with Crippen molar-refractivity contribution in [3.8, 4) is 0 Å². The highest BCUT2D eigenvalue weighted by molar-refractivity contribution is 5.77. The zero-order valence-electron chi connectivity index (χ0n) is 10.6. The number of carbonyl (C=O) groups is 1. The molecular formula is C12H20F2O3. The summed E-state index contributed by atoms with van der Waals surface area (Å²) in [7, 11) is 0. The molecule has 0 radical (unpaired) electrons. The molecular weight excluding hydrogens is 230 g/mol. The van der Waals surface area contributed by atoms with Gasteiger partial charge in [0.2, 0.25) is 0 Å². The summed E-state index contributed by atoms with van der Waals surface area (Å²) in [4.78, 5) is 10.5. The molecule has 0 aromatic rings. The van der Waals surface area contributed by atoms with E-state index in [-0.39, 0.29) is 24.7 Å². The smallest absolute Gasteiger partial charge is 0.377 e. The molecule has 1 aliphatic carbocycles. The summed E-state index contributed by atoms with van der Waals surface area (Å²) in [5, 5.41) is 18.3. The number of aliphatic hydroxyl groups is 1. The zero-order valence-corrected chi connectivity index (χ0v) is 10.6. The molecule has 0 amide bonds. The van der Waals surface area contributed by atoms with Crippen molar-refractivity contribution in [2.24, 2.45) is 17.3 Å². The van der Waals surface area contributed by atoms with E-state index in [0.717, 1.165) is 0 Å². The van der Waals surface area contributed by atoms with Gasteiger partial charge in [0, 0.05) is 0 Å². The Hall–Kier alpha value is -0.710. The van der Waals surface area contributed by atoms with E-state index in [9.17, 15) is 18.7 Å². The number of halogens is 2. The Balaban J connectivity index is 2.94.